The van der Waals surface area contributed by atoms with Crippen LogP contribution >= 0.6 is 0 Å². The molecular formula is C6H12O4. The Kier molecular flexibility index (Phi) is 13.1. The third kappa shape index (κ3) is 27.3. The number of carboxylic acids is 1. The Labute approximate surface area is 59.4 Å². The first kappa shape index (κ1) is 11.9. The number of rotatable bonds is 3. The average molecular weight is 148 g/mol. The second-order valence-corrected chi connectivity index (χ2v) is 1.34. The van der Waals surface area contributed by atoms with E-state index in [-0.39, 0.29) is 13.2 Å². The summed E-state index contributed by atoms with van der Waals surface area (Å²) in [6.07, 6.45) is 1.33. The van der Waals surface area contributed by atoms with E-state index in [1.54, 1.807) is 0 Å². The minimum absolute atomic E-state index is 0.0938. The zero-order chi connectivity index (χ0) is 8.41. The molecule has 0 aromatic carbocycles. The first-order chi connectivity index (χ1) is 4.68. The lowest BCUT2D eigenvalue weighted by Crippen LogP contribution is -1.85. The van der Waals surface area contributed by atoms with E-state index in [4.69, 9.17) is 15.3 Å². The molecule has 0 aliphatic heterocycles. The number of carbonyl (C=O) groups is 1. The monoisotopic (exact) mass is 148 g/mol. The molecular weight excluding hydrogens is 136 g/mol. The highest BCUT2D eigenvalue weighted by Gasteiger charge is 1.73. The van der Waals surface area contributed by atoms with Gasteiger partial charge in [0.2, 0.25) is 0 Å². The van der Waals surface area contributed by atoms with E-state index in [0.29, 0.717) is 6.42 Å². The Morgan fingerprint density at radius 3 is 1.70 bits per heavy atom. The zero-order valence-electron chi connectivity index (χ0n) is 5.66. The van der Waals surface area contributed by atoms with Gasteiger partial charge in [-0.05, 0) is 6.42 Å². The van der Waals surface area contributed by atoms with Crippen LogP contribution in [-0.2, 0) is 4.79 Å². The normalized spacial score (nSPS) is 7.40. The molecule has 3 N–H and O–H groups in total. The van der Waals surface area contributed by atoms with Crippen LogP contribution in [0.1, 0.15) is 6.42 Å². The van der Waals surface area contributed by atoms with Gasteiger partial charge in [-0.2, -0.15) is 0 Å². The maximum atomic E-state index is 9.25. The molecule has 0 aromatic heterocycles. The Balaban J connectivity index is 0. The molecule has 0 spiro atoms. The van der Waals surface area contributed by atoms with Gasteiger partial charge in [0, 0.05) is 19.3 Å². The second-order valence-electron chi connectivity index (χ2n) is 1.34. The molecule has 0 aromatic rings. The molecule has 10 heavy (non-hydrogen) atoms. The summed E-state index contributed by atoms with van der Waals surface area (Å²) in [5.41, 5.74) is 0. The van der Waals surface area contributed by atoms with Crippen LogP contribution < -0.4 is 0 Å². The molecule has 4 heteroatoms. The summed E-state index contributed by atoms with van der Waals surface area (Å²) in [5, 5.41) is 23.4. The lowest BCUT2D eigenvalue weighted by atomic mass is 10.5. The summed E-state index contributed by atoms with van der Waals surface area (Å²) < 4.78 is 0. The van der Waals surface area contributed by atoms with E-state index in [1.165, 1.54) is 0 Å². The number of carboxylic acid groups (broad SMARTS) is 1. The standard InChI is InChI=1S/C3H4O2.C3H8O2/c1-2-3(4)5;4-2-1-3-5/h2H,1H2,(H,4,5);4-5H,1-3H2. The van der Waals surface area contributed by atoms with Crippen LogP contribution in [0.4, 0.5) is 0 Å². The maximum Gasteiger partial charge on any atom is 0.327 e. The van der Waals surface area contributed by atoms with Crippen LogP contribution in [0.5, 0.6) is 0 Å². The maximum absolute atomic E-state index is 9.25. The van der Waals surface area contributed by atoms with Crippen molar-refractivity contribution >= 4 is 5.97 Å². The number of aliphatic hydroxyl groups is 2. The first-order valence-corrected chi connectivity index (χ1v) is 2.76. The predicted molar refractivity (Wildman–Crippen MR) is 36.6 cm³/mol. The molecule has 0 rings (SSSR count). The van der Waals surface area contributed by atoms with Gasteiger partial charge >= 0.3 is 5.97 Å². The van der Waals surface area contributed by atoms with Crippen LogP contribution in [0.2, 0.25) is 0 Å². The highest BCUT2D eigenvalue weighted by atomic mass is 16.4. The lowest BCUT2D eigenvalue weighted by molar-refractivity contribution is -0.131. The fraction of sp³-hybridized carbons (Fsp3) is 0.500. The van der Waals surface area contributed by atoms with Crippen LogP contribution in [0.15, 0.2) is 12.7 Å². The summed E-state index contributed by atoms with van der Waals surface area (Å²) in [6.45, 7) is 3.15. The zero-order valence-corrected chi connectivity index (χ0v) is 5.66. The van der Waals surface area contributed by atoms with Gasteiger partial charge in [-0.1, -0.05) is 6.58 Å². The molecule has 0 unspecified atom stereocenters. The van der Waals surface area contributed by atoms with Gasteiger partial charge in [-0.25, -0.2) is 4.79 Å². The van der Waals surface area contributed by atoms with E-state index < -0.39 is 5.97 Å². The SMILES string of the molecule is C=CC(=O)O.OCCCO. The van der Waals surface area contributed by atoms with E-state index in [0.717, 1.165) is 6.08 Å². The van der Waals surface area contributed by atoms with Gasteiger partial charge in [0.1, 0.15) is 0 Å². The summed E-state index contributed by atoms with van der Waals surface area (Å²) in [4.78, 5) is 9.25. The summed E-state index contributed by atoms with van der Waals surface area (Å²) in [6, 6.07) is 0. The lowest BCUT2D eigenvalue weighted by Gasteiger charge is -1.79. The van der Waals surface area contributed by atoms with Crippen LogP contribution in [0, 0.1) is 0 Å². The van der Waals surface area contributed by atoms with Crippen molar-refractivity contribution in [2.45, 2.75) is 6.42 Å². The van der Waals surface area contributed by atoms with Crippen molar-refractivity contribution in [3.63, 3.8) is 0 Å². The van der Waals surface area contributed by atoms with Crippen molar-refractivity contribution in [1.29, 1.82) is 0 Å². The molecule has 0 heterocycles. The number of hydrogen-bond donors (Lipinski definition) is 3. The molecule has 60 valence electrons. The second kappa shape index (κ2) is 11.0. The Morgan fingerprint density at radius 2 is 1.70 bits per heavy atom. The predicted octanol–water partition coefficient (Wildman–Crippen LogP) is -0.382. The van der Waals surface area contributed by atoms with Crippen molar-refractivity contribution in [2.75, 3.05) is 13.2 Å². The molecule has 4 nitrogen and oxygen atoms in total. The van der Waals surface area contributed by atoms with E-state index in [2.05, 4.69) is 6.58 Å². The minimum atomic E-state index is -0.981. The van der Waals surface area contributed by atoms with E-state index in [9.17, 15) is 4.79 Å². The van der Waals surface area contributed by atoms with Crippen LogP contribution in [0.3, 0.4) is 0 Å². The third-order valence-electron chi connectivity index (χ3n) is 0.491. The molecule has 0 saturated carbocycles. The Hall–Kier alpha value is -0.870. The molecule has 0 radical (unpaired) electrons. The van der Waals surface area contributed by atoms with Gasteiger partial charge in [0.15, 0.2) is 0 Å². The first-order valence-electron chi connectivity index (χ1n) is 2.76. The highest BCUT2D eigenvalue weighted by Crippen LogP contribution is 1.65. The highest BCUT2D eigenvalue weighted by molar-refractivity contribution is 5.78. The largest absolute Gasteiger partial charge is 0.478 e. The van der Waals surface area contributed by atoms with Crippen LogP contribution in [-0.4, -0.2) is 34.5 Å². The Morgan fingerprint density at radius 1 is 1.40 bits per heavy atom. The van der Waals surface area contributed by atoms with E-state index in [1.807, 2.05) is 0 Å². The number of aliphatic hydroxyl groups excluding tert-OH is 2. The average Bonchev–Trinajstić information content (AvgIpc) is 1.91. The molecule has 0 fully saturated rings. The van der Waals surface area contributed by atoms with Gasteiger partial charge in [-0.3, -0.25) is 0 Å². The quantitative estimate of drug-likeness (QED) is 0.477. The summed E-state index contributed by atoms with van der Waals surface area (Å²) in [5.74, 6) is -0.981. The molecule has 0 aliphatic carbocycles. The third-order valence-corrected chi connectivity index (χ3v) is 0.491. The molecule has 0 amide bonds. The molecule has 0 atom stereocenters. The van der Waals surface area contributed by atoms with Crippen molar-refractivity contribution < 1.29 is 20.1 Å². The number of hydrogen-bond acceptors (Lipinski definition) is 3. The van der Waals surface area contributed by atoms with Crippen molar-refractivity contribution in [3.8, 4) is 0 Å². The molecule has 0 bridgehead atoms. The van der Waals surface area contributed by atoms with Crippen molar-refractivity contribution in [2.24, 2.45) is 0 Å². The van der Waals surface area contributed by atoms with Crippen molar-refractivity contribution in [1.82, 2.24) is 0 Å². The smallest absolute Gasteiger partial charge is 0.327 e. The van der Waals surface area contributed by atoms with Gasteiger partial charge in [-0.15, -0.1) is 0 Å². The fourth-order valence-electron chi connectivity index (χ4n) is 0.0707. The Bertz CT molecular complexity index is 87.7. The summed E-state index contributed by atoms with van der Waals surface area (Å²) in [7, 11) is 0. The fourth-order valence-corrected chi connectivity index (χ4v) is 0.0707. The van der Waals surface area contributed by atoms with Gasteiger partial charge < -0.3 is 15.3 Å². The summed E-state index contributed by atoms with van der Waals surface area (Å²) >= 11 is 0. The molecule has 0 saturated heterocycles. The van der Waals surface area contributed by atoms with E-state index >= 15 is 0 Å². The van der Waals surface area contributed by atoms with Crippen LogP contribution in [0.25, 0.3) is 0 Å². The number of aliphatic carboxylic acids is 1. The minimum Gasteiger partial charge on any atom is -0.478 e. The topological polar surface area (TPSA) is 77.8 Å². The van der Waals surface area contributed by atoms with Gasteiger partial charge in [0.25, 0.3) is 0 Å². The van der Waals surface area contributed by atoms with Crippen molar-refractivity contribution in [3.05, 3.63) is 12.7 Å². The molecule has 0 aliphatic rings. The van der Waals surface area contributed by atoms with Gasteiger partial charge in [0.05, 0.1) is 0 Å².